The minimum atomic E-state index is -4.07. The molecule has 0 bridgehead atoms. The standard InChI is InChI=1S/C11H14N2O6S/c1-3-10(14)7(2)12-20(18,19)8-4-5-11(15)9(6-8)13(16)17/h4-7,12,15H,3H2,1-2H3. The van der Waals surface area contributed by atoms with Crippen molar-refractivity contribution in [2.45, 2.75) is 31.2 Å². The van der Waals surface area contributed by atoms with Crippen molar-refractivity contribution in [1.82, 2.24) is 4.72 Å². The molecule has 0 saturated heterocycles. The van der Waals surface area contributed by atoms with Crippen LogP contribution in [0.25, 0.3) is 0 Å². The molecule has 1 rings (SSSR count). The number of nitrogens with zero attached hydrogens (tertiary/aromatic N) is 1. The van der Waals surface area contributed by atoms with Crippen molar-refractivity contribution in [1.29, 1.82) is 0 Å². The van der Waals surface area contributed by atoms with Crippen molar-refractivity contribution in [2.75, 3.05) is 0 Å². The van der Waals surface area contributed by atoms with E-state index in [2.05, 4.69) is 4.72 Å². The maximum absolute atomic E-state index is 12.0. The van der Waals surface area contributed by atoms with Gasteiger partial charge in [0.1, 0.15) is 5.78 Å². The molecule has 0 aromatic heterocycles. The number of nitrogens with one attached hydrogen (secondary N) is 1. The average Bonchev–Trinajstić information content (AvgIpc) is 2.36. The van der Waals surface area contributed by atoms with Crippen LogP contribution >= 0.6 is 0 Å². The zero-order valence-corrected chi connectivity index (χ0v) is 11.7. The van der Waals surface area contributed by atoms with E-state index in [1.165, 1.54) is 6.92 Å². The van der Waals surface area contributed by atoms with Crippen LogP contribution in [-0.4, -0.2) is 30.3 Å². The SMILES string of the molecule is CCC(=O)C(C)NS(=O)(=O)c1ccc(O)c([N+](=O)[O-])c1. The highest BCUT2D eigenvalue weighted by atomic mass is 32.2. The molecule has 110 valence electrons. The highest BCUT2D eigenvalue weighted by Gasteiger charge is 2.24. The van der Waals surface area contributed by atoms with Gasteiger partial charge in [0.05, 0.1) is 15.9 Å². The van der Waals surface area contributed by atoms with Crippen LogP contribution in [0.5, 0.6) is 5.75 Å². The van der Waals surface area contributed by atoms with Gasteiger partial charge in [-0.15, -0.1) is 0 Å². The fourth-order valence-electron chi connectivity index (χ4n) is 1.49. The number of Topliss-reactive ketones (excluding diaryl/α,β-unsaturated/α-hetero) is 1. The number of nitro groups is 1. The number of hydrogen-bond donors (Lipinski definition) is 2. The van der Waals surface area contributed by atoms with Gasteiger partial charge in [-0.05, 0) is 19.1 Å². The van der Waals surface area contributed by atoms with Crippen molar-refractivity contribution >= 4 is 21.5 Å². The first-order valence-electron chi connectivity index (χ1n) is 5.71. The summed E-state index contributed by atoms with van der Waals surface area (Å²) in [5.41, 5.74) is -0.720. The van der Waals surface area contributed by atoms with Crippen LogP contribution < -0.4 is 4.72 Å². The third-order valence-corrected chi connectivity index (χ3v) is 4.16. The Morgan fingerprint density at radius 1 is 1.50 bits per heavy atom. The van der Waals surface area contributed by atoms with Crippen LogP contribution in [0.2, 0.25) is 0 Å². The first-order valence-corrected chi connectivity index (χ1v) is 7.19. The van der Waals surface area contributed by atoms with E-state index in [9.17, 15) is 28.4 Å². The lowest BCUT2D eigenvalue weighted by Crippen LogP contribution is -2.38. The van der Waals surface area contributed by atoms with Gasteiger partial charge in [0, 0.05) is 12.5 Å². The first kappa shape index (κ1) is 16.1. The Labute approximate surface area is 115 Å². The Morgan fingerprint density at radius 3 is 2.60 bits per heavy atom. The monoisotopic (exact) mass is 302 g/mol. The van der Waals surface area contributed by atoms with E-state index in [1.54, 1.807) is 6.92 Å². The number of carbonyl (C=O) groups excluding carboxylic acids is 1. The van der Waals surface area contributed by atoms with Crippen molar-refractivity contribution < 1.29 is 23.2 Å². The third kappa shape index (κ3) is 3.52. The summed E-state index contributed by atoms with van der Waals surface area (Å²) < 4.78 is 26.1. The van der Waals surface area contributed by atoms with Crippen molar-refractivity contribution in [2.24, 2.45) is 0 Å². The Morgan fingerprint density at radius 2 is 2.10 bits per heavy atom. The molecule has 20 heavy (non-hydrogen) atoms. The van der Waals surface area contributed by atoms with Crippen LogP contribution in [-0.2, 0) is 14.8 Å². The summed E-state index contributed by atoms with van der Waals surface area (Å²) in [5.74, 6) is -0.937. The fraction of sp³-hybridized carbons (Fsp3) is 0.364. The molecule has 0 aliphatic heterocycles. The van der Waals surface area contributed by atoms with E-state index in [-0.39, 0.29) is 12.2 Å². The van der Waals surface area contributed by atoms with Crippen LogP contribution in [0.3, 0.4) is 0 Å². The van der Waals surface area contributed by atoms with Crippen LogP contribution in [0.1, 0.15) is 20.3 Å². The van der Waals surface area contributed by atoms with E-state index in [0.29, 0.717) is 0 Å². The third-order valence-electron chi connectivity index (χ3n) is 2.62. The lowest BCUT2D eigenvalue weighted by atomic mass is 10.2. The summed E-state index contributed by atoms with van der Waals surface area (Å²) in [4.78, 5) is 20.7. The lowest BCUT2D eigenvalue weighted by Gasteiger charge is -2.12. The van der Waals surface area contributed by atoms with Gasteiger partial charge in [-0.25, -0.2) is 13.1 Å². The number of carbonyl (C=O) groups is 1. The number of rotatable bonds is 6. The Kier molecular flexibility index (Phi) is 4.79. The molecule has 0 aliphatic carbocycles. The van der Waals surface area contributed by atoms with E-state index >= 15 is 0 Å². The molecule has 0 fully saturated rings. The van der Waals surface area contributed by atoms with Gasteiger partial charge in [0.15, 0.2) is 5.75 Å². The maximum atomic E-state index is 12.0. The zero-order chi connectivity index (χ0) is 15.5. The number of ketones is 1. The summed E-state index contributed by atoms with van der Waals surface area (Å²) >= 11 is 0. The van der Waals surface area contributed by atoms with Gasteiger partial charge in [-0.1, -0.05) is 6.92 Å². The molecule has 0 amide bonds. The normalized spacial score (nSPS) is 12.9. The number of phenols is 1. The van der Waals surface area contributed by atoms with Crippen LogP contribution in [0, 0.1) is 10.1 Å². The van der Waals surface area contributed by atoms with Gasteiger partial charge in [-0.3, -0.25) is 14.9 Å². The summed E-state index contributed by atoms with van der Waals surface area (Å²) in [6.45, 7) is 2.98. The predicted molar refractivity (Wildman–Crippen MR) is 69.8 cm³/mol. The number of phenolic OH excluding ortho intramolecular Hbond substituents is 1. The second kappa shape index (κ2) is 5.97. The molecule has 0 aliphatic rings. The summed E-state index contributed by atoms with van der Waals surface area (Å²) in [5, 5.41) is 19.9. The minimum absolute atomic E-state index is 0.166. The Balaban J connectivity index is 3.13. The molecular formula is C11H14N2O6S. The molecule has 8 nitrogen and oxygen atoms in total. The molecule has 1 unspecified atom stereocenters. The minimum Gasteiger partial charge on any atom is -0.502 e. The zero-order valence-electron chi connectivity index (χ0n) is 10.9. The van der Waals surface area contributed by atoms with Gasteiger partial charge in [0.2, 0.25) is 10.0 Å². The Hall–Kier alpha value is -2.00. The molecule has 0 radical (unpaired) electrons. The smallest absolute Gasteiger partial charge is 0.312 e. The fourth-order valence-corrected chi connectivity index (χ4v) is 2.74. The van der Waals surface area contributed by atoms with Crippen molar-refractivity contribution in [3.8, 4) is 5.75 Å². The topological polar surface area (TPSA) is 127 Å². The predicted octanol–water partition coefficient (Wildman–Crippen LogP) is 0.946. The number of nitro benzene ring substituents is 1. The van der Waals surface area contributed by atoms with E-state index in [1.807, 2.05) is 0 Å². The summed E-state index contributed by atoms with van der Waals surface area (Å²) in [6, 6.07) is 1.74. The summed E-state index contributed by atoms with van der Waals surface area (Å²) in [7, 11) is -4.07. The first-order chi connectivity index (χ1) is 9.19. The second-order valence-corrected chi connectivity index (χ2v) is 5.78. The van der Waals surface area contributed by atoms with Crippen molar-refractivity contribution in [3.63, 3.8) is 0 Å². The van der Waals surface area contributed by atoms with Crippen molar-refractivity contribution in [3.05, 3.63) is 28.3 Å². The quantitative estimate of drug-likeness (QED) is 0.595. The molecule has 1 atom stereocenters. The van der Waals surface area contributed by atoms with Gasteiger partial charge in [0.25, 0.3) is 0 Å². The number of aromatic hydroxyl groups is 1. The van der Waals surface area contributed by atoms with E-state index in [4.69, 9.17) is 0 Å². The molecule has 1 aromatic rings. The van der Waals surface area contributed by atoms with E-state index in [0.717, 1.165) is 18.2 Å². The van der Waals surface area contributed by atoms with Crippen LogP contribution in [0.4, 0.5) is 5.69 Å². The van der Waals surface area contributed by atoms with Gasteiger partial charge < -0.3 is 5.11 Å². The maximum Gasteiger partial charge on any atom is 0.312 e. The number of hydrogen-bond acceptors (Lipinski definition) is 6. The van der Waals surface area contributed by atoms with Gasteiger partial charge >= 0.3 is 5.69 Å². The Bertz CT molecular complexity index is 640. The largest absolute Gasteiger partial charge is 0.502 e. The summed E-state index contributed by atoms with van der Waals surface area (Å²) in [6.07, 6.45) is 0.166. The highest BCUT2D eigenvalue weighted by Crippen LogP contribution is 2.28. The number of sulfonamides is 1. The number of benzene rings is 1. The molecule has 0 heterocycles. The molecule has 1 aromatic carbocycles. The molecule has 2 N–H and O–H groups in total. The van der Waals surface area contributed by atoms with E-state index < -0.39 is 37.3 Å². The molecule has 0 spiro atoms. The molecule has 0 saturated carbocycles. The lowest BCUT2D eigenvalue weighted by molar-refractivity contribution is -0.386. The van der Waals surface area contributed by atoms with Crippen LogP contribution in [0.15, 0.2) is 23.1 Å². The molecular weight excluding hydrogens is 288 g/mol. The average molecular weight is 302 g/mol. The molecule has 9 heteroatoms. The highest BCUT2D eigenvalue weighted by molar-refractivity contribution is 7.89. The van der Waals surface area contributed by atoms with Gasteiger partial charge in [-0.2, -0.15) is 0 Å². The second-order valence-electron chi connectivity index (χ2n) is 4.07.